The summed E-state index contributed by atoms with van der Waals surface area (Å²) in [6, 6.07) is 9.29. The van der Waals surface area contributed by atoms with Gasteiger partial charge in [0.25, 0.3) is 0 Å². The van der Waals surface area contributed by atoms with Crippen molar-refractivity contribution in [2.24, 2.45) is 0 Å². The molecule has 2 aromatic carbocycles. The number of hydrogen-bond donors (Lipinski definition) is 0. The zero-order valence-electron chi connectivity index (χ0n) is 18.1. The molecule has 0 amide bonds. The minimum atomic E-state index is -4.46. The predicted molar refractivity (Wildman–Crippen MR) is 118 cm³/mol. The summed E-state index contributed by atoms with van der Waals surface area (Å²) in [6.45, 7) is 1.14. The van der Waals surface area contributed by atoms with Crippen molar-refractivity contribution < 1.29 is 31.3 Å². The third-order valence-corrected chi connectivity index (χ3v) is 5.11. The summed E-state index contributed by atoms with van der Waals surface area (Å²) < 4.78 is 78.4. The number of nitrogens with zero attached hydrogens (tertiary/aromatic N) is 4. The lowest BCUT2D eigenvalue weighted by atomic mass is 10.1. The first-order valence-corrected chi connectivity index (χ1v) is 10.1. The van der Waals surface area contributed by atoms with Crippen molar-refractivity contribution in [2.75, 3.05) is 6.54 Å². The van der Waals surface area contributed by atoms with Crippen LogP contribution in [-0.4, -0.2) is 25.9 Å². The largest absolute Gasteiger partial charge is 0.434 e. The molecule has 0 aliphatic carbocycles. The van der Waals surface area contributed by atoms with Crippen LogP contribution in [0.3, 0.4) is 0 Å². The fraction of sp³-hybridized carbons (Fsp3) is 0.318. The second-order valence-corrected chi connectivity index (χ2v) is 7.63. The molecule has 0 aliphatic heterocycles. The van der Waals surface area contributed by atoms with Crippen LogP contribution in [0, 0.1) is 10.1 Å². The number of aromatic nitrogens is 2. The van der Waals surface area contributed by atoms with Crippen LogP contribution in [0.25, 0.3) is 0 Å². The van der Waals surface area contributed by atoms with Gasteiger partial charge in [0.2, 0.25) is 0 Å². The highest BCUT2D eigenvalue weighted by atomic mass is 35.5. The lowest BCUT2D eigenvalue weighted by Crippen LogP contribution is -2.25. The Kier molecular flexibility index (Phi) is 9.27. The molecule has 0 atom stereocenters. The Morgan fingerprint density at radius 2 is 1.31 bits per heavy atom. The van der Waals surface area contributed by atoms with Gasteiger partial charge in [0.1, 0.15) is 12.4 Å². The molecule has 0 unspecified atom stereocenters. The molecule has 0 saturated heterocycles. The topological polar surface area (TPSA) is 64.2 Å². The van der Waals surface area contributed by atoms with Crippen molar-refractivity contribution in [3.8, 4) is 0 Å². The third-order valence-electron chi connectivity index (χ3n) is 5.11. The molecule has 3 aromatic rings. The summed E-state index contributed by atoms with van der Waals surface area (Å²) in [4.78, 5) is 15.9. The average Bonchev–Trinajstić information content (AvgIpc) is 3.22. The summed E-state index contributed by atoms with van der Waals surface area (Å²) in [5.74, 6) is -0.308. The van der Waals surface area contributed by atoms with Crippen LogP contribution in [0.4, 0.5) is 32.3 Å². The quantitative estimate of drug-likeness (QED) is 0.187. The Morgan fingerprint density at radius 3 is 1.71 bits per heavy atom. The third kappa shape index (κ3) is 7.96. The highest BCUT2D eigenvalue weighted by Crippen LogP contribution is 2.30. The standard InChI is InChI=1S/C22H20F6N4O2.ClH/c23-21(24,25)18-6-2-16(3-7-18)14-30(11-1-12-31-13-10-29-20(31)32(33)34)15-17-4-8-19(9-5-17)22(26,27)28;/h2-10,13H,1,11-12,14-15H2;1H. The van der Waals surface area contributed by atoms with E-state index in [4.69, 9.17) is 0 Å². The lowest BCUT2D eigenvalue weighted by molar-refractivity contribution is -0.396. The van der Waals surface area contributed by atoms with Crippen LogP contribution in [-0.2, 0) is 32.0 Å². The maximum atomic E-state index is 12.8. The van der Waals surface area contributed by atoms with Crippen LogP contribution in [0.2, 0.25) is 0 Å². The molecule has 0 aliphatic rings. The molecule has 13 heteroatoms. The van der Waals surface area contributed by atoms with Gasteiger partial charge in [-0.2, -0.15) is 26.3 Å². The van der Waals surface area contributed by atoms with Gasteiger partial charge in [-0.15, -0.1) is 12.4 Å². The highest BCUT2D eigenvalue weighted by molar-refractivity contribution is 5.85. The van der Waals surface area contributed by atoms with Crippen LogP contribution in [0.15, 0.2) is 60.9 Å². The van der Waals surface area contributed by atoms with E-state index in [9.17, 15) is 36.5 Å². The van der Waals surface area contributed by atoms with E-state index in [0.717, 1.165) is 24.3 Å². The Morgan fingerprint density at radius 1 is 0.857 bits per heavy atom. The van der Waals surface area contributed by atoms with Gasteiger partial charge in [-0.1, -0.05) is 29.2 Å². The van der Waals surface area contributed by atoms with Crippen molar-refractivity contribution >= 4 is 18.4 Å². The lowest BCUT2D eigenvalue weighted by Gasteiger charge is -2.23. The van der Waals surface area contributed by atoms with E-state index >= 15 is 0 Å². The van der Waals surface area contributed by atoms with Crippen molar-refractivity contribution in [1.29, 1.82) is 0 Å². The minimum Gasteiger partial charge on any atom is -0.390 e. The number of rotatable bonds is 9. The van der Waals surface area contributed by atoms with Gasteiger partial charge >= 0.3 is 18.3 Å². The fourth-order valence-electron chi connectivity index (χ4n) is 3.44. The summed E-state index contributed by atoms with van der Waals surface area (Å²) in [5.41, 5.74) is -0.377. The molecule has 0 fully saturated rings. The van der Waals surface area contributed by atoms with Crippen LogP contribution in [0.1, 0.15) is 28.7 Å². The number of alkyl halides is 6. The monoisotopic (exact) mass is 522 g/mol. The first kappa shape index (κ1) is 28.1. The molecule has 0 bridgehead atoms. The molecule has 190 valence electrons. The van der Waals surface area contributed by atoms with E-state index in [1.54, 1.807) is 0 Å². The van der Waals surface area contributed by atoms with Gasteiger partial charge in [0.15, 0.2) is 0 Å². The number of nitro groups is 1. The van der Waals surface area contributed by atoms with Gasteiger partial charge in [-0.25, -0.2) is 4.57 Å². The normalized spacial score (nSPS) is 12.0. The SMILES string of the molecule is Cl.O=[N+]([O-])c1nccn1CCCN(Cc1ccc(C(F)(F)F)cc1)Cc1ccc(C(F)(F)F)cc1. The van der Waals surface area contributed by atoms with Gasteiger partial charge in [-0.05, 0) is 46.7 Å². The summed E-state index contributed by atoms with van der Waals surface area (Å²) >= 11 is 0. The maximum absolute atomic E-state index is 12.8. The van der Waals surface area contributed by atoms with Crippen LogP contribution in [0.5, 0.6) is 0 Å². The Labute approximate surface area is 202 Å². The van der Waals surface area contributed by atoms with Crippen LogP contribution >= 0.6 is 12.4 Å². The molecule has 35 heavy (non-hydrogen) atoms. The molecule has 0 spiro atoms. The first-order valence-electron chi connectivity index (χ1n) is 10.1. The van der Waals surface area contributed by atoms with Crippen molar-refractivity contribution in [1.82, 2.24) is 14.5 Å². The van der Waals surface area contributed by atoms with Crippen LogP contribution < -0.4 is 0 Å². The number of halogens is 7. The van der Waals surface area contributed by atoms with E-state index < -0.39 is 28.4 Å². The van der Waals surface area contributed by atoms with E-state index in [2.05, 4.69) is 4.98 Å². The maximum Gasteiger partial charge on any atom is 0.434 e. The number of benzene rings is 2. The molecular formula is C22H21ClF6N4O2. The first-order chi connectivity index (χ1) is 15.9. The molecule has 3 rings (SSSR count). The summed E-state index contributed by atoms with van der Waals surface area (Å²) in [7, 11) is 0. The number of aryl methyl sites for hydroxylation is 1. The zero-order chi connectivity index (χ0) is 24.9. The van der Waals surface area contributed by atoms with Crippen molar-refractivity contribution in [2.45, 2.75) is 38.4 Å². The molecule has 0 saturated carbocycles. The molecule has 1 aromatic heterocycles. The zero-order valence-corrected chi connectivity index (χ0v) is 18.9. The molecule has 1 heterocycles. The Balaban J connectivity index is 0.00000432. The van der Waals surface area contributed by atoms with E-state index in [0.29, 0.717) is 24.1 Å². The number of hydrogen-bond acceptors (Lipinski definition) is 4. The molecule has 6 nitrogen and oxygen atoms in total. The summed E-state index contributed by atoms with van der Waals surface area (Å²) in [5, 5.41) is 11.0. The Bertz CT molecular complexity index is 1040. The van der Waals surface area contributed by atoms with Gasteiger partial charge in [-0.3, -0.25) is 4.90 Å². The molecule has 0 radical (unpaired) electrons. The van der Waals surface area contributed by atoms with Crippen molar-refractivity contribution in [3.05, 3.63) is 93.3 Å². The second kappa shape index (κ2) is 11.5. The average molecular weight is 523 g/mol. The van der Waals surface area contributed by atoms with Gasteiger partial charge in [0.05, 0.1) is 17.7 Å². The summed E-state index contributed by atoms with van der Waals surface area (Å²) in [6.07, 6.45) is -5.71. The van der Waals surface area contributed by atoms with E-state index in [1.165, 1.54) is 41.2 Å². The predicted octanol–water partition coefficient (Wildman–Crippen LogP) is 6.34. The van der Waals surface area contributed by atoms with E-state index in [1.807, 2.05) is 4.90 Å². The fourth-order valence-corrected chi connectivity index (χ4v) is 3.44. The van der Waals surface area contributed by atoms with E-state index in [-0.39, 0.29) is 38.0 Å². The van der Waals surface area contributed by atoms with Gasteiger partial charge in [0, 0.05) is 19.6 Å². The molecule has 0 N–H and O–H groups in total. The highest BCUT2D eigenvalue weighted by Gasteiger charge is 2.31. The smallest absolute Gasteiger partial charge is 0.390 e. The minimum absolute atomic E-state index is 0. The van der Waals surface area contributed by atoms with Crippen molar-refractivity contribution in [3.63, 3.8) is 0 Å². The second-order valence-electron chi connectivity index (χ2n) is 7.63. The number of imidazole rings is 1. The Hall–Kier alpha value is -3.12. The molecular weight excluding hydrogens is 502 g/mol. The van der Waals surface area contributed by atoms with Gasteiger partial charge < -0.3 is 10.1 Å².